The van der Waals surface area contributed by atoms with Gasteiger partial charge in [0.25, 0.3) is 0 Å². The van der Waals surface area contributed by atoms with Crippen LogP contribution in [-0.4, -0.2) is 6.54 Å². The van der Waals surface area contributed by atoms with E-state index in [0.717, 1.165) is 0 Å². The largest absolute Gasteiger partial charge is 0.329 e. The molecule has 0 spiro atoms. The molecule has 2 N–H and O–H groups in total. The van der Waals surface area contributed by atoms with Gasteiger partial charge in [0.15, 0.2) is 0 Å². The lowest BCUT2D eigenvalue weighted by Gasteiger charge is -1.68. The van der Waals surface area contributed by atoms with Gasteiger partial charge in [0.2, 0.25) is 0 Å². The Hall–Kier alpha value is -0.550. The maximum Gasteiger partial charge on any atom is 0.0635 e. The van der Waals surface area contributed by atoms with Gasteiger partial charge in [-0.2, -0.15) is 5.26 Å². The average Bonchev–Trinajstić information content (AvgIpc) is 1.41. The van der Waals surface area contributed by atoms with Gasteiger partial charge < -0.3 is 5.73 Å². The minimum atomic E-state index is 0.472. The number of nitrogens with two attached hydrogens (primary N) is 1. The van der Waals surface area contributed by atoms with E-state index in [0.29, 0.717) is 13.0 Å². The molecule has 0 saturated heterocycles. The molecule has 0 aliphatic heterocycles. The normalized spacial score (nSPS) is 6.40. The molecule has 5 heavy (non-hydrogen) atoms. The molecule has 0 aromatic heterocycles. The monoisotopic (exact) mass is 72.1 g/mol. The van der Waals surface area contributed by atoms with Gasteiger partial charge in [0.1, 0.15) is 0 Å². The molecular weight excluding hydrogens is 66.0 g/mol. The van der Waals surface area contributed by atoms with Crippen LogP contribution < -0.4 is 5.73 Å². The van der Waals surface area contributed by atoms with Crippen molar-refractivity contribution in [2.24, 2.45) is 5.73 Å². The Balaban J connectivity index is 2.48. The van der Waals surface area contributed by atoms with Crippen LogP contribution in [0.15, 0.2) is 0 Å². The van der Waals surface area contributed by atoms with E-state index < -0.39 is 0 Å². The topological polar surface area (TPSA) is 49.8 Å². The Labute approximate surface area is 31.2 Å². The zero-order chi connectivity index (χ0) is 4.12. The van der Waals surface area contributed by atoms with Crippen LogP contribution in [0.2, 0.25) is 0 Å². The Morgan fingerprint density at radius 1 is 1.80 bits per heavy atom. The molecule has 0 heterocycles. The van der Waals surface area contributed by atoms with E-state index in [9.17, 15) is 0 Å². The quantitative estimate of drug-likeness (QED) is 0.468. The van der Waals surface area contributed by atoms with Crippen molar-refractivity contribution in [2.75, 3.05) is 6.54 Å². The number of nitriles is 1. The van der Waals surface area contributed by atoms with Crippen LogP contribution in [0.3, 0.4) is 0 Å². The number of hydrogen-bond acceptors (Lipinski definition) is 2. The lowest BCUT2D eigenvalue weighted by atomic mass is 10.7. The van der Waals surface area contributed by atoms with E-state index in [1.165, 1.54) is 0 Å². The van der Waals surface area contributed by atoms with Crippen molar-refractivity contribution in [1.82, 2.24) is 0 Å². The molecule has 0 bridgehead atoms. The smallest absolute Gasteiger partial charge is 0.0635 e. The Bertz CT molecular complexity index is 43.3. The summed E-state index contributed by atoms with van der Waals surface area (Å²) in [6.45, 7) is 0.483. The molecule has 0 atom stereocenters. The van der Waals surface area contributed by atoms with Gasteiger partial charge in [0, 0.05) is 13.0 Å². The van der Waals surface area contributed by atoms with Gasteiger partial charge in [-0.15, -0.1) is 0 Å². The highest BCUT2D eigenvalue weighted by atomic mass is 14.8. The van der Waals surface area contributed by atoms with Gasteiger partial charge in [-0.05, 0) is 0 Å². The van der Waals surface area contributed by atoms with Crippen molar-refractivity contribution < 1.29 is 0 Å². The predicted octanol–water partition coefficient (Wildman–Crippen LogP) is -0.141. The van der Waals surface area contributed by atoms with Crippen molar-refractivity contribution in [2.45, 2.75) is 6.42 Å². The van der Waals surface area contributed by atoms with Gasteiger partial charge >= 0.3 is 0 Å². The number of nitrogens with zero attached hydrogens (tertiary/aromatic N) is 1. The second kappa shape index (κ2) is 3.45. The Kier molecular flexibility index (Phi) is 3.07. The molecule has 0 amide bonds. The molecule has 0 aromatic rings. The first kappa shape index (κ1) is 4.45. The highest BCUT2D eigenvalue weighted by Gasteiger charge is 1.65. The zero-order valence-corrected chi connectivity index (χ0v) is 2.94. The molecule has 2 nitrogen and oxygen atoms in total. The third-order valence-corrected chi connectivity index (χ3v) is 0.256. The third kappa shape index (κ3) is 3.45. The molecule has 0 aromatic carbocycles. The van der Waals surface area contributed by atoms with Crippen LogP contribution in [0.1, 0.15) is 6.42 Å². The van der Waals surface area contributed by atoms with Crippen molar-refractivity contribution >= 4 is 0 Å². The fourth-order valence-electron chi connectivity index (χ4n) is 0.0645. The summed E-state index contributed by atoms with van der Waals surface area (Å²) < 4.78 is 0. The Morgan fingerprint density at radius 3 is 2.40 bits per heavy atom. The molecule has 2 heteroatoms. The summed E-state index contributed by atoms with van der Waals surface area (Å²) in [5, 5.41) is 7.74. The zero-order valence-electron chi connectivity index (χ0n) is 2.94. The van der Waals surface area contributed by atoms with Crippen LogP contribution >= 0.6 is 0 Å². The first-order valence-corrected chi connectivity index (χ1v) is 1.49. The first-order valence-electron chi connectivity index (χ1n) is 1.49. The first-order chi connectivity index (χ1) is 2.41. The van der Waals surface area contributed by atoms with E-state index in [1.54, 1.807) is 0 Å². The van der Waals surface area contributed by atoms with Crippen molar-refractivity contribution in [3.63, 3.8) is 0 Å². The molecule has 0 unspecified atom stereocenters. The van der Waals surface area contributed by atoms with Crippen molar-refractivity contribution in [3.8, 4) is 6.07 Å². The summed E-state index contributed by atoms with van der Waals surface area (Å²) in [6.07, 6.45) is 0.472. The fourth-order valence-corrected chi connectivity index (χ4v) is 0.0645. The van der Waals surface area contributed by atoms with Crippen LogP contribution in [0.5, 0.6) is 0 Å². The molecule has 0 aliphatic rings. The van der Waals surface area contributed by atoms with Crippen LogP contribution in [-0.2, 0) is 0 Å². The highest BCUT2D eigenvalue weighted by molar-refractivity contribution is 4.67. The molecule has 0 aliphatic carbocycles. The summed E-state index contributed by atoms with van der Waals surface area (Å²) in [4.78, 5) is 0. The second-order valence-corrected chi connectivity index (χ2v) is 0.697. The van der Waals surface area contributed by atoms with E-state index >= 15 is 0 Å². The number of rotatable bonds is 1. The highest BCUT2D eigenvalue weighted by Crippen LogP contribution is 1.59. The van der Waals surface area contributed by atoms with Gasteiger partial charge in [-0.1, -0.05) is 0 Å². The SMILES string of the molecule is N#[14C]CCN. The number of hydrogen-bond donors (Lipinski definition) is 1. The molecule has 0 fully saturated rings. The van der Waals surface area contributed by atoms with E-state index in [-0.39, 0.29) is 0 Å². The maximum atomic E-state index is 7.74. The van der Waals surface area contributed by atoms with Crippen molar-refractivity contribution in [3.05, 3.63) is 0 Å². The van der Waals surface area contributed by atoms with Gasteiger partial charge in [0.05, 0.1) is 6.07 Å². The lowest BCUT2D eigenvalue weighted by Crippen LogP contribution is -1.94. The molecule has 0 saturated carbocycles. The van der Waals surface area contributed by atoms with Gasteiger partial charge in [-0.25, -0.2) is 0 Å². The lowest BCUT2D eigenvalue weighted by molar-refractivity contribution is 1.02. The minimum absolute atomic E-state index is 0.472. The molecule has 0 radical (unpaired) electrons. The fraction of sp³-hybridized carbons (Fsp3) is 0.667. The molecule has 0 rings (SSSR count). The summed E-state index contributed by atoms with van der Waals surface area (Å²) in [7, 11) is 0. The van der Waals surface area contributed by atoms with Crippen LogP contribution in [0.25, 0.3) is 0 Å². The predicted molar refractivity (Wildman–Crippen MR) is 19.3 cm³/mol. The molecular formula is C3H6N2. The average molecular weight is 72.1 g/mol. The minimum Gasteiger partial charge on any atom is -0.329 e. The third-order valence-electron chi connectivity index (χ3n) is 0.256. The summed E-state index contributed by atoms with van der Waals surface area (Å²) in [5.41, 5.74) is 4.92. The second-order valence-electron chi connectivity index (χ2n) is 0.697. The Morgan fingerprint density at radius 2 is 2.40 bits per heavy atom. The van der Waals surface area contributed by atoms with Gasteiger partial charge in [-0.3, -0.25) is 0 Å². The maximum absolute atomic E-state index is 7.74. The van der Waals surface area contributed by atoms with Crippen LogP contribution in [0.4, 0.5) is 0 Å². The standard InChI is InChI=1S/C3H6N2/c4-2-1-3-5/h1-2,4H2/i3+2. The summed E-state index contributed by atoms with van der Waals surface area (Å²) in [5.74, 6) is 0. The van der Waals surface area contributed by atoms with Crippen molar-refractivity contribution in [1.29, 1.82) is 5.26 Å². The van der Waals surface area contributed by atoms with Crippen LogP contribution in [0, 0.1) is 11.3 Å². The summed E-state index contributed by atoms with van der Waals surface area (Å²) in [6, 6.07) is 1.89. The summed E-state index contributed by atoms with van der Waals surface area (Å²) >= 11 is 0. The van der Waals surface area contributed by atoms with E-state index in [2.05, 4.69) is 0 Å². The van der Waals surface area contributed by atoms with E-state index in [1.807, 2.05) is 6.07 Å². The molecule has 28 valence electrons. The van der Waals surface area contributed by atoms with E-state index in [4.69, 9.17) is 11.0 Å².